The summed E-state index contributed by atoms with van der Waals surface area (Å²) in [6, 6.07) is 2.20. The van der Waals surface area contributed by atoms with Crippen LogP contribution < -0.4 is 5.30 Å². The molecule has 1 aromatic heterocycles. The van der Waals surface area contributed by atoms with Crippen molar-refractivity contribution in [1.82, 2.24) is 0 Å². The maximum atomic E-state index is 2.28. The molecular weight excluding hydrogens is 135 g/mol. The van der Waals surface area contributed by atoms with E-state index < -0.39 is 0 Å². The molecule has 0 saturated carbocycles. The lowest BCUT2D eigenvalue weighted by atomic mass is 10.7. The zero-order valence-electron chi connectivity index (χ0n) is 5.09. The van der Waals surface area contributed by atoms with Gasteiger partial charge in [0, 0.05) is 0 Å². The maximum Gasteiger partial charge on any atom is -0.00165 e. The van der Waals surface area contributed by atoms with Crippen LogP contribution in [0.15, 0.2) is 16.8 Å². The molecule has 0 atom stereocenters. The van der Waals surface area contributed by atoms with Gasteiger partial charge in [0.15, 0.2) is 0 Å². The lowest BCUT2D eigenvalue weighted by Gasteiger charge is -1.97. The fourth-order valence-corrected chi connectivity index (χ4v) is 2.53. The molecule has 0 unspecified atom stereocenters. The van der Waals surface area contributed by atoms with E-state index in [0.29, 0.717) is 0 Å². The Labute approximate surface area is 55.3 Å². The Hall–Kier alpha value is 0.130. The molecule has 0 fully saturated rings. The van der Waals surface area contributed by atoms with Gasteiger partial charge >= 0.3 is 0 Å². The summed E-state index contributed by atoms with van der Waals surface area (Å²) in [5.41, 5.74) is 0. The average Bonchev–Trinajstić information content (AvgIpc) is 2.12. The first-order valence-corrected chi connectivity index (χ1v) is 5.68. The predicted octanol–water partition coefficient (Wildman–Crippen LogP) is 2.11. The maximum absolute atomic E-state index is 2.28. The summed E-state index contributed by atoms with van der Waals surface area (Å²) in [5, 5.41) is 5.88. The molecule has 0 saturated heterocycles. The fraction of sp³-hybridized carbons (Fsp3) is 0.333. The molecule has 1 aromatic rings. The molecule has 0 nitrogen and oxygen atoms in total. The largest absolute Gasteiger partial charge is 0.152 e. The van der Waals surface area contributed by atoms with Crippen molar-refractivity contribution in [3.05, 3.63) is 16.8 Å². The van der Waals surface area contributed by atoms with Crippen molar-refractivity contribution in [2.24, 2.45) is 0 Å². The Bertz CT molecular complexity index is 144. The first-order chi connectivity index (χ1) is 3.80. The lowest BCUT2D eigenvalue weighted by Crippen LogP contribution is -1.90. The van der Waals surface area contributed by atoms with Gasteiger partial charge < -0.3 is 0 Å². The molecule has 0 aromatic carbocycles. The van der Waals surface area contributed by atoms with E-state index in [1.54, 1.807) is 11.3 Å². The van der Waals surface area contributed by atoms with Crippen molar-refractivity contribution >= 4 is 24.6 Å². The predicted molar refractivity (Wildman–Crippen MR) is 42.7 cm³/mol. The van der Waals surface area contributed by atoms with Gasteiger partial charge in [0.2, 0.25) is 0 Å². The molecule has 0 aliphatic carbocycles. The van der Waals surface area contributed by atoms with Crippen LogP contribution in [0.2, 0.25) is 0 Å². The molecule has 8 heavy (non-hydrogen) atoms. The number of rotatable bonds is 1. The third kappa shape index (κ3) is 1.30. The van der Waals surface area contributed by atoms with Gasteiger partial charge in [-0.3, -0.25) is 0 Å². The van der Waals surface area contributed by atoms with E-state index in [2.05, 4.69) is 30.2 Å². The molecule has 1 heterocycles. The van der Waals surface area contributed by atoms with Crippen molar-refractivity contribution in [2.75, 3.05) is 13.3 Å². The van der Waals surface area contributed by atoms with E-state index in [1.807, 2.05) is 0 Å². The van der Waals surface area contributed by atoms with Crippen LogP contribution in [0.4, 0.5) is 0 Å². The summed E-state index contributed by atoms with van der Waals surface area (Å²) in [5.74, 6) is 0. The Balaban J connectivity index is 2.77. The highest BCUT2D eigenvalue weighted by Crippen LogP contribution is 2.23. The molecular formula is C6H9PS. The van der Waals surface area contributed by atoms with Gasteiger partial charge in [-0.25, -0.2) is 0 Å². The molecule has 1 rings (SSSR count). The van der Waals surface area contributed by atoms with Crippen LogP contribution in [-0.4, -0.2) is 13.3 Å². The van der Waals surface area contributed by atoms with E-state index in [0.717, 1.165) is 0 Å². The first-order valence-electron chi connectivity index (χ1n) is 2.50. The van der Waals surface area contributed by atoms with Crippen LogP contribution in [-0.2, 0) is 0 Å². The van der Waals surface area contributed by atoms with Crippen molar-refractivity contribution in [2.45, 2.75) is 0 Å². The zero-order chi connectivity index (χ0) is 5.98. The molecule has 0 spiro atoms. The first kappa shape index (κ1) is 6.25. The van der Waals surface area contributed by atoms with E-state index in [4.69, 9.17) is 0 Å². The second kappa shape index (κ2) is 2.61. The van der Waals surface area contributed by atoms with Gasteiger partial charge in [0.05, 0.1) is 0 Å². The minimum atomic E-state index is 0.152. The Kier molecular flexibility index (Phi) is 2.04. The van der Waals surface area contributed by atoms with Crippen LogP contribution in [0.1, 0.15) is 0 Å². The van der Waals surface area contributed by atoms with Crippen LogP contribution in [0.3, 0.4) is 0 Å². The van der Waals surface area contributed by atoms with Crippen LogP contribution in [0.25, 0.3) is 0 Å². The van der Waals surface area contributed by atoms with E-state index in [1.165, 1.54) is 5.30 Å². The summed E-state index contributed by atoms with van der Waals surface area (Å²) in [7, 11) is 0.152. The standard InChI is InChI=1S/C6H9PS/c1-7(2)6-3-4-8-5-6/h3-5H,1-2H3. The molecule has 0 bridgehead atoms. The monoisotopic (exact) mass is 144 g/mol. The highest BCUT2D eigenvalue weighted by molar-refractivity contribution is 7.64. The van der Waals surface area contributed by atoms with Gasteiger partial charge in [-0.05, 0) is 35.5 Å². The van der Waals surface area contributed by atoms with Crippen LogP contribution >= 0.6 is 19.3 Å². The Morgan fingerprint density at radius 2 is 2.25 bits per heavy atom. The average molecular weight is 144 g/mol. The number of hydrogen-bond donors (Lipinski definition) is 0. The molecule has 2 heteroatoms. The molecule has 0 aliphatic rings. The fourth-order valence-electron chi connectivity index (χ4n) is 0.512. The molecule has 0 aliphatic heterocycles. The van der Waals surface area contributed by atoms with Crippen molar-refractivity contribution < 1.29 is 0 Å². The van der Waals surface area contributed by atoms with Gasteiger partial charge in [0.25, 0.3) is 0 Å². The molecule has 44 valence electrons. The Morgan fingerprint density at radius 1 is 1.50 bits per heavy atom. The smallest absolute Gasteiger partial charge is 0.00165 e. The molecule has 0 radical (unpaired) electrons. The van der Waals surface area contributed by atoms with Crippen LogP contribution in [0.5, 0.6) is 0 Å². The van der Waals surface area contributed by atoms with Gasteiger partial charge in [-0.15, -0.1) is 0 Å². The van der Waals surface area contributed by atoms with Gasteiger partial charge in [-0.1, -0.05) is 7.92 Å². The summed E-state index contributed by atoms with van der Waals surface area (Å²) >= 11 is 1.78. The van der Waals surface area contributed by atoms with E-state index in [-0.39, 0.29) is 7.92 Å². The minimum Gasteiger partial charge on any atom is -0.152 e. The third-order valence-corrected chi connectivity index (χ3v) is 3.19. The van der Waals surface area contributed by atoms with E-state index in [9.17, 15) is 0 Å². The SMILES string of the molecule is CP(C)c1ccsc1. The summed E-state index contributed by atoms with van der Waals surface area (Å²) in [4.78, 5) is 0. The van der Waals surface area contributed by atoms with Gasteiger partial charge in [0.1, 0.15) is 0 Å². The minimum absolute atomic E-state index is 0.152. The summed E-state index contributed by atoms with van der Waals surface area (Å²) in [6.07, 6.45) is 0. The zero-order valence-corrected chi connectivity index (χ0v) is 6.80. The second-order valence-electron chi connectivity index (χ2n) is 1.88. The van der Waals surface area contributed by atoms with Crippen molar-refractivity contribution in [3.8, 4) is 0 Å². The Morgan fingerprint density at radius 3 is 2.50 bits per heavy atom. The number of thiophene rings is 1. The number of hydrogen-bond acceptors (Lipinski definition) is 1. The second-order valence-corrected chi connectivity index (χ2v) is 4.96. The van der Waals surface area contributed by atoms with Crippen LogP contribution in [0, 0.1) is 0 Å². The highest BCUT2D eigenvalue weighted by Gasteiger charge is 1.94. The lowest BCUT2D eigenvalue weighted by molar-refractivity contribution is 2.08. The normalized spacial score (nSPS) is 10.4. The topological polar surface area (TPSA) is 0 Å². The summed E-state index contributed by atoms with van der Waals surface area (Å²) in [6.45, 7) is 4.55. The molecule has 0 N–H and O–H groups in total. The summed E-state index contributed by atoms with van der Waals surface area (Å²) < 4.78 is 0. The third-order valence-electron chi connectivity index (χ3n) is 1.02. The van der Waals surface area contributed by atoms with Crippen molar-refractivity contribution in [3.63, 3.8) is 0 Å². The van der Waals surface area contributed by atoms with Crippen molar-refractivity contribution in [1.29, 1.82) is 0 Å². The van der Waals surface area contributed by atoms with Gasteiger partial charge in [-0.2, -0.15) is 11.3 Å². The molecule has 0 amide bonds. The quantitative estimate of drug-likeness (QED) is 0.529. The van der Waals surface area contributed by atoms with E-state index >= 15 is 0 Å². The highest BCUT2D eigenvalue weighted by atomic mass is 32.1.